The Morgan fingerprint density at radius 1 is 1.62 bits per heavy atom. The number of nitrogen functional groups attached to an aromatic ring is 1. The van der Waals surface area contributed by atoms with Crippen molar-refractivity contribution >= 4 is 5.69 Å². The molecule has 1 unspecified atom stereocenters. The molecule has 2 heterocycles. The minimum Gasteiger partial charge on any atom is -0.324 e. The minimum absolute atomic E-state index is 0.871. The van der Waals surface area contributed by atoms with Gasteiger partial charge in [-0.2, -0.15) is 0 Å². The molecular weight excluding hydrogens is 200 g/mol. The third kappa shape index (κ3) is 2.71. The number of rotatable bonds is 4. The van der Waals surface area contributed by atoms with E-state index in [1.54, 1.807) is 6.20 Å². The first-order chi connectivity index (χ1) is 7.81. The Morgan fingerprint density at radius 3 is 3.19 bits per heavy atom. The minimum atomic E-state index is 0.871. The summed E-state index contributed by atoms with van der Waals surface area (Å²) in [5.74, 6) is 6.25. The molecule has 1 saturated heterocycles. The molecule has 0 amide bonds. The van der Waals surface area contributed by atoms with Crippen LogP contribution in [0.15, 0.2) is 18.3 Å². The fourth-order valence-electron chi connectivity index (χ4n) is 2.27. The summed E-state index contributed by atoms with van der Waals surface area (Å²) in [6.45, 7) is 5.61. The van der Waals surface area contributed by atoms with Crippen LogP contribution in [0.3, 0.4) is 0 Å². The second-order valence-electron chi connectivity index (χ2n) is 4.48. The summed E-state index contributed by atoms with van der Waals surface area (Å²) in [6, 6.07) is 3.89. The van der Waals surface area contributed by atoms with Crippen LogP contribution in [0.25, 0.3) is 0 Å². The van der Waals surface area contributed by atoms with Gasteiger partial charge in [-0.3, -0.25) is 15.7 Å². The number of aromatic nitrogens is 1. The number of pyridine rings is 1. The van der Waals surface area contributed by atoms with E-state index in [-0.39, 0.29) is 0 Å². The van der Waals surface area contributed by atoms with E-state index in [1.165, 1.54) is 25.9 Å². The van der Waals surface area contributed by atoms with Crippen molar-refractivity contribution in [3.05, 3.63) is 24.0 Å². The summed E-state index contributed by atoms with van der Waals surface area (Å²) < 4.78 is 0. The van der Waals surface area contributed by atoms with Crippen LogP contribution in [0.1, 0.15) is 25.5 Å². The molecule has 16 heavy (non-hydrogen) atoms. The normalized spacial score (nSPS) is 21.2. The highest BCUT2D eigenvalue weighted by Gasteiger charge is 2.20. The lowest BCUT2D eigenvalue weighted by atomic mass is 10.1. The van der Waals surface area contributed by atoms with Gasteiger partial charge < -0.3 is 5.43 Å². The lowest BCUT2D eigenvalue weighted by Gasteiger charge is -2.15. The van der Waals surface area contributed by atoms with E-state index in [1.807, 2.05) is 12.1 Å². The monoisotopic (exact) mass is 220 g/mol. The van der Waals surface area contributed by atoms with Crippen LogP contribution in [-0.2, 0) is 6.54 Å². The fraction of sp³-hybridized carbons (Fsp3) is 0.583. The van der Waals surface area contributed by atoms with Crippen molar-refractivity contribution in [2.24, 2.45) is 11.8 Å². The standard InChI is InChI=1S/C12H20N4/c1-2-10-4-6-16(8-10)9-12-7-11(15-13)3-5-14-12/h3,5,7,10H,2,4,6,8-9,13H2,1H3,(H,14,15). The molecule has 0 radical (unpaired) electrons. The predicted molar refractivity (Wildman–Crippen MR) is 65.7 cm³/mol. The Balaban J connectivity index is 1.94. The van der Waals surface area contributed by atoms with Gasteiger partial charge in [0.05, 0.1) is 11.4 Å². The number of hydrogen-bond donors (Lipinski definition) is 2. The molecule has 0 aromatic carbocycles. The Bertz CT molecular complexity index is 340. The van der Waals surface area contributed by atoms with Crippen molar-refractivity contribution in [3.63, 3.8) is 0 Å². The van der Waals surface area contributed by atoms with Crippen molar-refractivity contribution in [2.45, 2.75) is 26.3 Å². The second-order valence-corrected chi connectivity index (χ2v) is 4.48. The largest absolute Gasteiger partial charge is 0.324 e. The molecule has 2 rings (SSSR count). The molecule has 0 bridgehead atoms. The third-order valence-electron chi connectivity index (χ3n) is 3.32. The average molecular weight is 220 g/mol. The van der Waals surface area contributed by atoms with Crippen molar-refractivity contribution in [3.8, 4) is 0 Å². The van der Waals surface area contributed by atoms with Gasteiger partial charge in [-0.1, -0.05) is 13.3 Å². The lowest BCUT2D eigenvalue weighted by Crippen LogP contribution is -2.20. The van der Waals surface area contributed by atoms with Gasteiger partial charge in [-0.25, -0.2) is 0 Å². The summed E-state index contributed by atoms with van der Waals surface area (Å²) in [7, 11) is 0. The highest BCUT2D eigenvalue weighted by molar-refractivity contribution is 5.41. The number of hydrogen-bond acceptors (Lipinski definition) is 4. The average Bonchev–Trinajstić information content (AvgIpc) is 2.77. The maximum Gasteiger partial charge on any atom is 0.0564 e. The first-order valence-electron chi connectivity index (χ1n) is 5.95. The molecule has 4 heteroatoms. The number of nitrogens with two attached hydrogens (primary N) is 1. The van der Waals surface area contributed by atoms with E-state index in [0.29, 0.717) is 0 Å². The molecule has 1 aliphatic heterocycles. The summed E-state index contributed by atoms with van der Waals surface area (Å²) >= 11 is 0. The van der Waals surface area contributed by atoms with Crippen molar-refractivity contribution in [1.82, 2.24) is 9.88 Å². The van der Waals surface area contributed by atoms with E-state index in [9.17, 15) is 0 Å². The van der Waals surface area contributed by atoms with Crippen molar-refractivity contribution in [2.75, 3.05) is 18.5 Å². The quantitative estimate of drug-likeness (QED) is 0.598. The van der Waals surface area contributed by atoms with E-state index in [0.717, 1.165) is 23.8 Å². The van der Waals surface area contributed by atoms with Crippen molar-refractivity contribution < 1.29 is 0 Å². The Morgan fingerprint density at radius 2 is 2.50 bits per heavy atom. The molecule has 0 saturated carbocycles. The molecule has 1 aromatic rings. The zero-order chi connectivity index (χ0) is 11.4. The summed E-state index contributed by atoms with van der Waals surface area (Å²) in [6.07, 6.45) is 4.41. The molecule has 4 nitrogen and oxygen atoms in total. The first-order valence-corrected chi connectivity index (χ1v) is 5.95. The summed E-state index contributed by atoms with van der Waals surface area (Å²) in [4.78, 5) is 6.83. The molecule has 1 atom stereocenters. The van der Waals surface area contributed by atoms with Crippen LogP contribution in [0.2, 0.25) is 0 Å². The van der Waals surface area contributed by atoms with Crippen LogP contribution in [-0.4, -0.2) is 23.0 Å². The van der Waals surface area contributed by atoms with Gasteiger partial charge in [-0.15, -0.1) is 0 Å². The summed E-state index contributed by atoms with van der Waals surface area (Å²) in [5, 5.41) is 0. The summed E-state index contributed by atoms with van der Waals surface area (Å²) in [5.41, 5.74) is 4.67. The van der Waals surface area contributed by atoms with Crippen LogP contribution in [0.4, 0.5) is 5.69 Å². The molecule has 1 aliphatic rings. The molecule has 0 aliphatic carbocycles. The SMILES string of the molecule is CCC1CCN(Cc2cc(NN)ccn2)C1. The third-order valence-corrected chi connectivity index (χ3v) is 3.32. The van der Waals surface area contributed by atoms with Crippen molar-refractivity contribution in [1.29, 1.82) is 0 Å². The van der Waals surface area contributed by atoms with Gasteiger partial charge in [0.25, 0.3) is 0 Å². The number of hydrazine groups is 1. The van der Waals surface area contributed by atoms with E-state index in [4.69, 9.17) is 5.84 Å². The van der Waals surface area contributed by atoms with Crippen LogP contribution >= 0.6 is 0 Å². The van der Waals surface area contributed by atoms with Gasteiger partial charge >= 0.3 is 0 Å². The zero-order valence-electron chi connectivity index (χ0n) is 9.82. The molecular formula is C12H20N4. The Kier molecular flexibility index (Phi) is 3.74. The Hall–Kier alpha value is -1.13. The van der Waals surface area contributed by atoms with Gasteiger partial charge in [0.15, 0.2) is 0 Å². The van der Waals surface area contributed by atoms with Gasteiger partial charge in [-0.05, 0) is 31.0 Å². The second kappa shape index (κ2) is 5.27. The molecule has 0 spiro atoms. The molecule has 1 aromatic heterocycles. The smallest absolute Gasteiger partial charge is 0.0564 e. The van der Waals surface area contributed by atoms with Crippen LogP contribution < -0.4 is 11.3 Å². The maximum atomic E-state index is 5.38. The predicted octanol–water partition coefficient (Wildman–Crippen LogP) is 1.60. The van der Waals surface area contributed by atoms with E-state index >= 15 is 0 Å². The van der Waals surface area contributed by atoms with Crippen LogP contribution in [0.5, 0.6) is 0 Å². The van der Waals surface area contributed by atoms with Gasteiger partial charge in [0.2, 0.25) is 0 Å². The van der Waals surface area contributed by atoms with Gasteiger partial charge in [0, 0.05) is 19.3 Å². The Labute approximate surface area is 96.8 Å². The number of anilines is 1. The maximum absolute atomic E-state index is 5.38. The molecule has 3 N–H and O–H groups in total. The van der Waals surface area contributed by atoms with E-state index in [2.05, 4.69) is 22.2 Å². The van der Waals surface area contributed by atoms with E-state index < -0.39 is 0 Å². The number of nitrogens with zero attached hydrogens (tertiary/aromatic N) is 2. The first kappa shape index (κ1) is 11.4. The molecule has 88 valence electrons. The number of likely N-dealkylation sites (tertiary alicyclic amines) is 1. The molecule has 1 fully saturated rings. The fourth-order valence-corrected chi connectivity index (χ4v) is 2.27. The highest BCUT2D eigenvalue weighted by atomic mass is 15.2. The topological polar surface area (TPSA) is 54.2 Å². The lowest BCUT2D eigenvalue weighted by molar-refractivity contribution is 0.311. The highest BCUT2D eigenvalue weighted by Crippen LogP contribution is 2.20. The number of nitrogens with one attached hydrogen (secondary N) is 1. The van der Waals surface area contributed by atoms with Crippen LogP contribution in [0, 0.1) is 5.92 Å². The zero-order valence-corrected chi connectivity index (χ0v) is 9.82. The van der Waals surface area contributed by atoms with Gasteiger partial charge in [0.1, 0.15) is 0 Å².